The van der Waals surface area contributed by atoms with Crippen molar-refractivity contribution in [3.8, 4) is 17.5 Å². The molecule has 0 N–H and O–H groups in total. The first-order valence-electron chi connectivity index (χ1n) is 10.1. The molecule has 0 radical (unpaired) electrons. The molecule has 1 aromatic heterocycles. The molecular formula is C23H29Cl2N3O2. The highest BCUT2D eigenvalue weighted by atomic mass is 35.5. The molecule has 0 aliphatic carbocycles. The Kier molecular flexibility index (Phi) is 7.17. The van der Waals surface area contributed by atoms with Crippen molar-refractivity contribution in [2.45, 2.75) is 39.2 Å². The number of ether oxygens (including phenoxy) is 2. The van der Waals surface area contributed by atoms with Gasteiger partial charge in [0.1, 0.15) is 11.3 Å². The van der Waals surface area contributed by atoms with Gasteiger partial charge in [0.2, 0.25) is 0 Å². The number of aromatic nitrogens is 2. The van der Waals surface area contributed by atoms with Crippen LogP contribution in [0.1, 0.15) is 43.7 Å². The van der Waals surface area contributed by atoms with Gasteiger partial charge in [-0.1, -0.05) is 43.1 Å². The van der Waals surface area contributed by atoms with Crippen molar-refractivity contribution in [1.29, 1.82) is 0 Å². The molecule has 2 aromatic carbocycles. The molecule has 0 unspecified atom stereocenters. The SMILES string of the molecule is CCC(CC)c1ccc(OC)c2nc(Oc3c(Cl)cc(Cl)cc3CN(C)C)n(C)c12. The van der Waals surface area contributed by atoms with Crippen molar-refractivity contribution in [2.24, 2.45) is 7.05 Å². The molecule has 1 heterocycles. The van der Waals surface area contributed by atoms with E-state index in [2.05, 4.69) is 19.9 Å². The molecule has 0 saturated carbocycles. The van der Waals surface area contributed by atoms with Gasteiger partial charge in [0.15, 0.2) is 5.75 Å². The summed E-state index contributed by atoms with van der Waals surface area (Å²) in [5.41, 5.74) is 3.96. The Bertz CT molecular complexity index is 1040. The second-order valence-electron chi connectivity index (χ2n) is 7.74. The first kappa shape index (κ1) is 22.7. The summed E-state index contributed by atoms with van der Waals surface area (Å²) < 4.78 is 13.9. The Morgan fingerprint density at radius 1 is 1.13 bits per heavy atom. The van der Waals surface area contributed by atoms with Crippen LogP contribution in [0.4, 0.5) is 0 Å². The van der Waals surface area contributed by atoms with Crippen molar-refractivity contribution in [1.82, 2.24) is 14.5 Å². The number of aryl methyl sites for hydroxylation is 1. The van der Waals surface area contributed by atoms with Crippen molar-refractivity contribution >= 4 is 34.2 Å². The second kappa shape index (κ2) is 9.46. The average Bonchev–Trinajstić information content (AvgIpc) is 3.01. The third-order valence-corrected chi connectivity index (χ3v) is 5.88. The van der Waals surface area contributed by atoms with Crippen LogP contribution in [0.5, 0.6) is 17.5 Å². The lowest BCUT2D eigenvalue weighted by molar-refractivity contribution is 0.378. The molecule has 7 heteroatoms. The van der Waals surface area contributed by atoms with Gasteiger partial charge in [0.05, 0.1) is 17.6 Å². The molecule has 0 fully saturated rings. The van der Waals surface area contributed by atoms with E-state index in [1.807, 2.05) is 42.7 Å². The summed E-state index contributed by atoms with van der Waals surface area (Å²) in [5, 5.41) is 1.03. The highest BCUT2D eigenvalue weighted by molar-refractivity contribution is 6.35. The minimum Gasteiger partial charge on any atom is -0.494 e. The van der Waals surface area contributed by atoms with Crippen LogP contribution >= 0.6 is 23.2 Å². The van der Waals surface area contributed by atoms with E-state index in [1.165, 1.54) is 5.56 Å². The summed E-state index contributed by atoms with van der Waals surface area (Å²) in [4.78, 5) is 6.82. The van der Waals surface area contributed by atoms with Gasteiger partial charge >= 0.3 is 6.01 Å². The zero-order valence-corrected chi connectivity index (χ0v) is 19.9. The van der Waals surface area contributed by atoms with E-state index in [1.54, 1.807) is 13.2 Å². The Morgan fingerprint density at radius 2 is 1.83 bits per heavy atom. The van der Waals surface area contributed by atoms with E-state index in [-0.39, 0.29) is 0 Å². The number of benzene rings is 2. The van der Waals surface area contributed by atoms with Crippen LogP contribution in [0, 0.1) is 0 Å². The maximum atomic E-state index is 6.51. The smallest absolute Gasteiger partial charge is 0.302 e. The van der Waals surface area contributed by atoms with E-state index in [0.717, 1.165) is 35.2 Å². The number of hydrogen-bond acceptors (Lipinski definition) is 4. The van der Waals surface area contributed by atoms with Crippen LogP contribution in [0.15, 0.2) is 24.3 Å². The van der Waals surface area contributed by atoms with Crippen LogP contribution in [0.2, 0.25) is 10.0 Å². The molecule has 3 aromatic rings. The van der Waals surface area contributed by atoms with Gasteiger partial charge in [-0.05, 0) is 56.6 Å². The molecule has 3 rings (SSSR count). The highest BCUT2D eigenvalue weighted by Crippen LogP contribution is 2.40. The molecule has 0 spiro atoms. The molecule has 162 valence electrons. The van der Waals surface area contributed by atoms with E-state index >= 15 is 0 Å². The Labute approximate surface area is 188 Å². The van der Waals surface area contributed by atoms with Crippen LogP contribution < -0.4 is 9.47 Å². The summed E-state index contributed by atoms with van der Waals surface area (Å²) in [7, 11) is 7.60. The molecule has 5 nitrogen and oxygen atoms in total. The third kappa shape index (κ3) is 4.39. The lowest BCUT2D eigenvalue weighted by Gasteiger charge is -2.17. The molecule has 0 saturated heterocycles. The first-order chi connectivity index (χ1) is 14.3. The van der Waals surface area contributed by atoms with Gasteiger partial charge in [-0.3, -0.25) is 4.57 Å². The summed E-state index contributed by atoms with van der Waals surface area (Å²) in [6.07, 6.45) is 2.10. The fourth-order valence-corrected chi connectivity index (χ4v) is 4.47. The average molecular weight is 450 g/mol. The van der Waals surface area contributed by atoms with Gasteiger partial charge in [-0.25, -0.2) is 0 Å². The number of imidazole rings is 1. The van der Waals surface area contributed by atoms with E-state index in [4.69, 9.17) is 37.7 Å². The van der Waals surface area contributed by atoms with Crippen LogP contribution in [0.3, 0.4) is 0 Å². The Morgan fingerprint density at radius 3 is 2.43 bits per heavy atom. The van der Waals surface area contributed by atoms with Crippen molar-refractivity contribution in [3.05, 3.63) is 45.4 Å². The fraction of sp³-hybridized carbons (Fsp3) is 0.435. The maximum absolute atomic E-state index is 6.51. The molecular weight excluding hydrogens is 421 g/mol. The normalized spacial score (nSPS) is 11.7. The number of fused-ring (bicyclic) bond motifs is 1. The molecule has 0 bridgehead atoms. The molecule has 0 atom stereocenters. The minimum atomic E-state index is 0.435. The highest BCUT2D eigenvalue weighted by Gasteiger charge is 2.22. The van der Waals surface area contributed by atoms with Crippen molar-refractivity contribution < 1.29 is 9.47 Å². The van der Waals surface area contributed by atoms with E-state index < -0.39 is 0 Å². The Balaban J connectivity index is 2.17. The molecule has 0 aliphatic heterocycles. The fourth-order valence-electron chi connectivity index (χ4n) is 3.89. The topological polar surface area (TPSA) is 39.5 Å². The quantitative estimate of drug-likeness (QED) is 0.385. The predicted molar refractivity (Wildman–Crippen MR) is 125 cm³/mol. The van der Waals surface area contributed by atoms with Gasteiger partial charge in [-0.2, -0.15) is 4.98 Å². The Hall–Kier alpha value is -1.95. The van der Waals surface area contributed by atoms with Crippen LogP contribution in [-0.4, -0.2) is 35.7 Å². The molecule has 30 heavy (non-hydrogen) atoms. The third-order valence-electron chi connectivity index (χ3n) is 5.39. The predicted octanol–water partition coefficient (Wildman–Crippen LogP) is 6.65. The monoisotopic (exact) mass is 449 g/mol. The summed E-state index contributed by atoms with van der Waals surface area (Å²) in [5.74, 6) is 1.72. The number of halogens is 2. The summed E-state index contributed by atoms with van der Waals surface area (Å²) >= 11 is 12.7. The number of rotatable bonds is 8. The zero-order chi connectivity index (χ0) is 22.0. The number of nitrogens with zero attached hydrogens (tertiary/aromatic N) is 3. The molecule has 0 aliphatic rings. The van der Waals surface area contributed by atoms with Gasteiger partial charge in [0, 0.05) is 24.2 Å². The summed E-state index contributed by atoms with van der Waals surface area (Å²) in [6.45, 7) is 5.06. The van der Waals surface area contributed by atoms with Crippen molar-refractivity contribution in [3.63, 3.8) is 0 Å². The lowest BCUT2D eigenvalue weighted by Crippen LogP contribution is -2.12. The summed E-state index contributed by atoms with van der Waals surface area (Å²) in [6, 6.07) is 8.15. The maximum Gasteiger partial charge on any atom is 0.302 e. The first-order valence-corrected chi connectivity index (χ1v) is 10.9. The van der Waals surface area contributed by atoms with Gasteiger partial charge in [-0.15, -0.1) is 0 Å². The van der Waals surface area contributed by atoms with Crippen molar-refractivity contribution in [2.75, 3.05) is 21.2 Å². The minimum absolute atomic E-state index is 0.435. The standard InChI is InChI=1S/C23H29Cl2N3O2/c1-7-14(8-2)17-9-10-19(29-6)20-21(17)28(5)23(26-20)30-22-15(13-27(3)4)11-16(24)12-18(22)25/h9-12,14H,7-8,13H2,1-6H3. The van der Waals surface area contributed by atoms with Gasteiger partial charge in [0.25, 0.3) is 0 Å². The van der Waals surface area contributed by atoms with Crippen LogP contribution in [0.25, 0.3) is 11.0 Å². The number of methoxy groups -OCH3 is 1. The largest absolute Gasteiger partial charge is 0.494 e. The number of hydrogen-bond donors (Lipinski definition) is 0. The molecule has 0 amide bonds. The van der Waals surface area contributed by atoms with E-state index in [0.29, 0.717) is 34.3 Å². The zero-order valence-electron chi connectivity index (χ0n) is 18.4. The van der Waals surface area contributed by atoms with Gasteiger partial charge < -0.3 is 14.4 Å². The second-order valence-corrected chi connectivity index (χ2v) is 8.58. The van der Waals surface area contributed by atoms with E-state index in [9.17, 15) is 0 Å². The lowest BCUT2D eigenvalue weighted by atomic mass is 9.92. The van der Waals surface area contributed by atoms with Crippen LogP contribution in [-0.2, 0) is 13.6 Å².